The van der Waals surface area contributed by atoms with E-state index < -0.39 is 6.41 Å². The number of unbranched alkanes of at least 4 members (excludes halogenated alkanes) is 2. The summed E-state index contributed by atoms with van der Waals surface area (Å²) < 4.78 is 10.2. The Morgan fingerprint density at radius 1 is 1.28 bits per heavy atom. The van der Waals surface area contributed by atoms with Crippen molar-refractivity contribution in [3.63, 3.8) is 0 Å². The predicted octanol–water partition coefficient (Wildman–Crippen LogP) is 2.57. The van der Waals surface area contributed by atoms with E-state index in [2.05, 4.69) is 6.92 Å². The molecule has 0 aliphatic heterocycles. The van der Waals surface area contributed by atoms with E-state index in [1.165, 1.54) is 0 Å². The van der Waals surface area contributed by atoms with Crippen molar-refractivity contribution < 1.29 is 14.3 Å². The maximum atomic E-state index is 11.4. The molecule has 2 N–H and O–H groups in total. The molecular weight excluding hydrogens is 230 g/mol. The van der Waals surface area contributed by atoms with Gasteiger partial charge in [0.25, 0.3) is 6.41 Å². The number of hydrogen-bond acceptors (Lipinski definition) is 4. The van der Waals surface area contributed by atoms with Gasteiger partial charge in [0.05, 0.1) is 6.61 Å². The molecule has 0 bridgehead atoms. The summed E-state index contributed by atoms with van der Waals surface area (Å²) in [6.07, 6.45) is 2.34. The molecular formula is C14H21NO3. The molecule has 18 heavy (non-hydrogen) atoms. The lowest BCUT2D eigenvalue weighted by Crippen LogP contribution is -2.29. The quantitative estimate of drug-likeness (QED) is 0.438. The summed E-state index contributed by atoms with van der Waals surface area (Å²) in [7, 11) is 0. The standard InChI is InChI=1S/C14H21NO3/c1-2-3-5-10-13(16)18-14(15)17-11-12-8-6-4-7-9-12/h4,6-9,14H,2-3,5,10-11,15H2,1H3. The summed E-state index contributed by atoms with van der Waals surface area (Å²) in [5.74, 6) is -0.302. The average Bonchev–Trinajstić information content (AvgIpc) is 2.38. The van der Waals surface area contributed by atoms with Gasteiger partial charge in [-0.25, -0.2) is 0 Å². The smallest absolute Gasteiger partial charge is 0.309 e. The molecule has 0 amide bonds. The van der Waals surface area contributed by atoms with Gasteiger partial charge in [0.1, 0.15) is 0 Å². The van der Waals surface area contributed by atoms with Crippen LogP contribution in [0.25, 0.3) is 0 Å². The molecule has 1 aromatic carbocycles. The molecule has 0 aliphatic carbocycles. The zero-order valence-electron chi connectivity index (χ0n) is 10.8. The maximum Gasteiger partial charge on any atom is 0.309 e. The third-order valence-electron chi connectivity index (χ3n) is 2.49. The number of esters is 1. The van der Waals surface area contributed by atoms with Gasteiger partial charge >= 0.3 is 5.97 Å². The largest absolute Gasteiger partial charge is 0.422 e. The van der Waals surface area contributed by atoms with E-state index in [-0.39, 0.29) is 5.97 Å². The Balaban J connectivity index is 2.17. The van der Waals surface area contributed by atoms with Crippen LogP contribution in [0.3, 0.4) is 0 Å². The molecule has 1 atom stereocenters. The lowest BCUT2D eigenvalue weighted by Gasteiger charge is -2.13. The highest BCUT2D eigenvalue weighted by atomic mass is 16.7. The number of carbonyl (C=O) groups is 1. The molecule has 0 saturated heterocycles. The molecule has 0 aromatic heterocycles. The Morgan fingerprint density at radius 3 is 2.67 bits per heavy atom. The summed E-state index contributed by atoms with van der Waals surface area (Å²) >= 11 is 0. The Hall–Kier alpha value is -1.39. The average molecular weight is 251 g/mol. The first kappa shape index (κ1) is 14.7. The number of carbonyl (C=O) groups excluding carboxylic acids is 1. The molecule has 0 aliphatic rings. The molecule has 0 heterocycles. The Bertz CT molecular complexity index is 340. The van der Waals surface area contributed by atoms with Crippen molar-refractivity contribution >= 4 is 5.97 Å². The summed E-state index contributed by atoms with van der Waals surface area (Å²) in [5, 5.41) is 0. The fourth-order valence-corrected chi connectivity index (χ4v) is 1.49. The van der Waals surface area contributed by atoms with Crippen molar-refractivity contribution in [2.24, 2.45) is 5.73 Å². The molecule has 0 radical (unpaired) electrons. The second-order valence-corrected chi connectivity index (χ2v) is 4.11. The van der Waals surface area contributed by atoms with Crippen molar-refractivity contribution in [1.82, 2.24) is 0 Å². The number of hydrogen-bond donors (Lipinski definition) is 1. The van der Waals surface area contributed by atoms with E-state index in [1.807, 2.05) is 30.3 Å². The van der Waals surface area contributed by atoms with Gasteiger partial charge in [0.2, 0.25) is 0 Å². The van der Waals surface area contributed by atoms with Crippen molar-refractivity contribution in [2.75, 3.05) is 0 Å². The van der Waals surface area contributed by atoms with E-state index in [0.717, 1.165) is 24.8 Å². The van der Waals surface area contributed by atoms with Gasteiger partial charge in [-0.15, -0.1) is 0 Å². The van der Waals surface area contributed by atoms with E-state index in [4.69, 9.17) is 15.2 Å². The van der Waals surface area contributed by atoms with Crippen molar-refractivity contribution in [3.05, 3.63) is 35.9 Å². The van der Waals surface area contributed by atoms with Gasteiger partial charge in [-0.05, 0) is 12.0 Å². The molecule has 0 fully saturated rings. The highest BCUT2D eigenvalue weighted by Crippen LogP contribution is 2.04. The highest BCUT2D eigenvalue weighted by Gasteiger charge is 2.09. The Kier molecular flexibility index (Phi) is 7.06. The molecule has 0 saturated carbocycles. The lowest BCUT2D eigenvalue weighted by molar-refractivity contribution is -0.180. The fourth-order valence-electron chi connectivity index (χ4n) is 1.49. The normalized spacial score (nSPS) is 12.1. The van der Waals surface area contributed by atoms with Gasteiger partial charge in [0, 0.05) is 6.42 Å². The molecule has 0 spiro atoms. The topological polar surface area (TPSA) is 61.5 Å². The number of benzene rings is 1. The number of nitrogens with two attached hydrogens (primary N) is 1. The van der Waals surface area contributed by atoms with E-state index in [1.54, 1.807) is 0 Å². The first-order chi connectivity index (χ1) is 8.72. The monoisotopic (exact) mass is 251 g/mol. The molecule has 100 valence electrons. The van der Waals surface area contributed by atoms with Crippen LogP contribution in [-0.4, -0.2) is 12.4 Å². The van der Waals surface area contributed by atoms with E-state index in [9.17, 15) is 4.79 Å². The second-order valence-electron chi connectivity index (χ2n) is 4.11. The molecule has 4 nitrogen and oxygen atoms in total. The summed E-state index contributed by atoms with van der Waals surface area (Å²) in [5.41, 5.74) is 6.56. The Morgan fingerprint density at radius 2 is 2.00 bits per heavy atom. The van der Waals surface area contributed by atoms with Crippen molar-refractivity contribution in [3.8, 4) is 0 Å². The van der Waals surface area contributed by atoms with Crippen LogP contribution in [0.1, 0.15) is 38.2 Å². The van der Waals surface area contributed by atoms with Crippen LogP contribution >= 0.6 is 0 Å². The third-order valence-corrected chi connectivity index (χ3v) is 2.49. The summed E-state index contributed by atoms with van der Waals surface area (Å²) in [4.78, 5) is 11.4. The minimum Gasteiger partial charge on any atom is -0.422 e. The summed E-state index contributed by atoms with van der Waals surface area (Å²) in [6, 6.07) is 9.62. The molecule has 4 heteroatoms. The highest BCUT2D eigenvalue weighted by molar-refractivity contribution is 5.69. The molecule has 1 unspecified atom stereocenters. The van der Waals surface area contributed by atoms with E-state index in [0.29, 0.717) is 13.0 Å². The number of ether oxygens (including phenoxy) is 2. The van der Waals surface area contributed by atoms with Crippen LogP contribution in [-0.2, 0) is 20.9 Å². The molecule has 1 rings (SSSR count). The van der Waals surface area contributed by atoms with E-state index >= 15 is 0 Å². The molecule has 1 aromatic rings. The lowest BCUT2D eigenvalue weighted by atomic mass is 10.2. The van der Waals surface area contributed by atoms with Crippen LogP contribution in [0.15, 0.2) is 30.3 Å². The maximum absolute atomic E-state index is 11.4. The first-order valence-electron chi connectivity index (χ1n) is 6.33. The van der Waals surface area contributed by atoms with Gasteiger partial charge in [0.15, 0.2) is 0 Å². The summed E-state index contributed by atoms with van der Waals surface area (Å²) in [6.45, 7) is 2.42. The van der Waals surface area contributed by atoms with Gasteiger partial charge in [-0.2, -0.15) is 0 Å². The zero-order chi connectivity index (χ0) is 13.2. The van der Waals surface area contributed by atoms with Crippen molar-refractivity contribution in [2.45, 2.75) is 45.6 Å². The van der Waals surface area contributed by atoms with Gasteiger partial charge in [-0.1, -0.05) is 50.1 Å². The second kappa shape index (κ2) is 8.66. The third kappa shape index (κ3) is 6.37. The Labute approximate surface area is 108 Å². The van der Waals surface area contributed by atoms with Gasteiger partial charge < -0.3 is 9.47 Å². The van der Waals surface area contributed by atoms with Crippen LogP contribution in [0, 0.1) is 0 Å². The minimum absolute atomic E-state index is 0.302. The zero-order valence-corrected chi connectivity index (χ0v) is 10.8. The van der Waals surface area contributed by atoms with Gasteiger partial charge in [-0.3, -0.25) is 10.5 Å². The van der Waals surface area contributed by atoms with Crippen LogP contribution in [0.4, 0.5) is 0 Å². The fraction of sp³-hybridized carbons (Fsp3) is 0.500. The van der Waals surface area contributed by atoms with Crippen LogP contribution in [0.5, 0.6) is 0 Å². The van der Waals surface area contributed by atoms with Crippen LogP contribution < -0.4 is 5.73 Å². The number of rotatable bonds is 8. The SMILES string of the molecule is CCCCCC(=O)OC(N)OCc1ccccc1. The predicted molar refractivity (Wildman–Crippen MR) is 69.4 cm³/mol. The van der Waals surface area contributed by atoms with Crippen molar-refractivity contribution in [1.29, 1.82) is 0 Å². The first-order valence-corrected chi connectivity index (χ1v) is 6.33. The van der Waals surface area contributed by atoms with Crippen LogP contribution in [0.2, 0.25) is 0 Å². The minimum atomic E-state index is -0.987.